The zero-order valence-corrected chi connectivity index (χ0v) is 40.1. The fraction of sp³-hybridized carbons (Fsp3) is 0.263. The second-order valence-electron chi connectivity index (χ2n) is 18.9. The Kier molecular flexibility index (Phi) is 11.7. The largest absolute Gasteiger partial charge is 0.507 e. The number of fused-ring (bicyclic) bond motifs is 1. The molecular weight excluding hydrogens is 938 g/mol. The summed E-state index contributed by atoms with van der Waals surface area (Å²) in [6, 6.07) is 47.7. The maximum Gasteiger partial charge on any atom is 0.148 e. The van der Waals surface area contributed by atoms with Crippen LogP contribution < -0.4 is 0 Å². The molecule has 5 heteroatoms. The van der Waals surface area contributed by atoms with E-state index in [1.54, 1.807) is 0 Å². The van der Waals surface area contributed by atoms with E-state index in [9.17, 15) is 5.11 Å². The fourth-order valence-electron chi connectivity index (χ4n) is 8.05. The van der Waals surface area contributed by atoms with E-state index in [-0.39, 0.29) is 37.6 Å². The summed E-state index contributed by atoms with van der Waals surface area (Å²) in [5.41, 5.74) is 15.3. The molecule has 2 heterocycles. The van der Waals surface area contributed by atoms with Gasteiger partial charge in [0, 0.05) is 41.3 Å². The monoisotopic (exact) mass is 997 g/mol. The summed E-state index contributed by atoms with van der Waals surface area (Å²) in [6.45, 7) is 22.8. The van der Waals surface area contributed by atoms with E-state index in [2.05, 4.69) is 137 Å². The maximum absolute atomic E-state index is 12.0. The van der Waals surface area contributed by atoms with Crippen molar-refractivity contribution in [3.8, 4) is 67.5 Å². The molecule has 0 fully saturated rings. The topological polar surface area (TPSA) is 50.9 Å². The molecule has 0 unspecified atom stereocenters. The van der Waals surface area contributed by atoms with Crippen molar-refractivity contribution in [2.45, 2.75) is 98.8 Å². The van der Waals surface area contributed by atoms with Gasteiger partial charge in [0.2, 0.25) is 0 Å². The number of hydrogen-bond donors (Lipinski definition) is 1. The van der Waals surface area contributed by atoms with Gasteiger partial charge in [-0.25, -0.2) is 4.98 Å². The summed E-state index contributed by atoms with van der Waals surface area (Å²) >= 11 is 0. The Morgan fingerprint density at radius 1 is 0.613 bits per heavy atom. The molecule has 0 spiro atoms. The van der Waals surface area contributed by atoms with Gasteiger partial charge in [0.05, 0.1) is 22.3 Å². The Morgan fingerprint density at radius 2 is 1.26 bits per heavy atom. The van der Waals surface area contributed by atoms with Gasteiger partial charge < -0.3 is 5.11 Å². The number of phenolic OH excluding ortho intramolecular Hbond substituents is 1. The number of nitrogens with zero attached hydrogens (tertiary/aromatic N) is 3. The predicted molar refractivity (Wildman–Crippen MR) is 257 cm³/mol. The van der Waals surface area contributed by atoms with Crippen LogP contribution in [0.15, 0.2) is 134 Å². The molecule has 0 amide bonds. The van der Waals surface area contributed by atoms with E-state index in [1.807, 2.05) is 83.3 Å². The standard InChI is InChI=1S/C57H58N3O.Pt/c1-35(2)38-20-22-39(23-21-38)42-26-27-58-50(33-42)44-29-43(30-46(31-44)57(9,10)11)47-18-15-19-52-53(47)59-55(49-34-45(56(6,7)8)28-37(5)54(49)61)60(52)51-25-24-41(36(3)4)32-48(51)40-16-13-12-14-17-40;/h12-28,30-36,61H,1-11H3;/q-1;/i35D,36D;. The molecule has 4 nitrogen and oxygen atoms in total. The summed E-state index contributed by atoms with van der Waals surface area (Å²) in [4.78, 5) is 10.5. The molecule has 0 saturated carbocycles. The van der Waals surface area contributed by atoms with Crippen molar-refractivity contribution in [1.82, 2.24) is 14.5 Å². The average molecular weight is 998 g/mol. The van der Waals surface area contributed by atoms with Gasteiger partial charge in [-0.3, -0.25) is 9.55 Å². The third-order valence-corrected chi connectivity index (χ3v) is 11.8. The molecule has 62 heavy (non-hydrogen) atoms. The number of para-hydroxylation sites is 1. The van der Waals surface area contributed by atoms with Crippen LogP contribution in [0.5, 0.6) is 5.75 Å². The van der Waals surface area contributed by atoms with Crippen molar-refractivity contribution in [2.24, 2.45) is 0 Å². The van der Waals surface area contributed by atoms with Gasteiger partial charge in [-0.1, -0.05) is 165 Å². The van der Waals surface area contributed by atoms with E-state index in [0.717, 1.165) is 89.2 Å². The number of rotatable bonds is 8. The first-order valence-corrected chi connectivity index (χ1v) is 21.3. The van der Waals surface area contributed by atoms with Crippen LogP contribution in [0.2, 0.25) is 0 Å². The first-order chi connectivity index (χ1) is 29.6. The van der Waals surface area contributed by atoms with Crippen LogP contribution in [-0.4, -0.2) is 19.6 Å². The van der Waals surface area contributed by atoms with Crippen LogP contribution in [0, 0.1) is 13.0 Å². The summed E-state index contributed by atoms with van der Waals surface area (Å²) in [5, 5.41) is 12.0. The third kappa shape index (κ3) is 8.73. The second kappa shape index (κ2) is 17.3. The number of aromatic nitrogens is 3. The molecule has 0 radical (unpaired) electrons. The molecule has 2 aromatic heterocycles. The molecule has 1 N–H and O–H groups in total. The molecule has 0 aliphatic heterocycles. The minimum absolute atomic E-state index is 0. The van der Waals surface area contributed by atoms with E-state index in [4.69, 9.17) is 12.7 Å². The van der Waals surface area contributed by atoms with E-state index in [1.165, 1.54) is 0 Å². The number of hydrogen-bond acceptors (Lipinski definition) is 3. The van der Waals surface area contributed by atoms with Crippen molar-refractivity contribution in [2.75, 3.05) is 0 Å². The molecule has 318 valence electrons. The molecule has 8 rings (SSSR count). The SMILES string of the molecule is [2H]C(C)(C)c1ccc(-c2ccnc(-c3[c-]c(-c4cccc5c4nc(-c4cc(C(C)(C)C)cc(C)c4O)n5-c4ccc(C([2H])(C)C)cc4-c4ccccc4)cc(C(C)(C)C)c3)c2)cc1.[Pt]. The van der Waals surface area contributed by atoms with Crippen molar-refractivity contribution in [3.05, 3.63) is 167 Å². The van der Waals surface area contributed by atoms with Gasteiger partial charge in [-0.2, -0.15) is 0 Å². The first-order valence-electron chi connectivity index (χ1n) is 22.3. The molecule has 0 aliphatic carbocycles. The Morgan fingerprint density at radius 3 is 1.92 bits per heavy atom. The molecule has 8 aromatic rings. The van der Waals surface area contributed by atoms with Crippen LogP contribution in [0.4, 0.5) is 0 Å². The minimum atomic E-state index is -0.824. The van der Waals surface area contributed by atoms with Gasteiger partial charge in [-0.05, 0) is 98.8 Å². The van der Waals surface area contributed by atoms with Gasteiger partial charge in [0.25, 0.3) is 0 Å². The van der Waals surface area contributed by atoms with Crippen LogP contribution in [-0.2, 0) is 31.9 Å². The molecule has 0 atom stereocenters. The van der Waals surface area contributed by atoms with Crippen molar-refractivity contribution in [1.29, 1.82) is 0 Å². The van der Waals surface area contributed by atoms with E-state index in [0.29, 0.717) is 11.4 Å². The first kappa shape index (κ1) is 41.8. The normalized spacial score (nSPS) is 12.8. The van der Waals surface area contributed by atoms with Gasteiger partial charge in [0.1, 0.15) is 11.6 Å². The fourth-order valence-corrected chi connectivity index (χ4v) is 8.05. The molecule has 6 aromatic carbocycles. The van der Waals surface area contributed by atoms with Crippen molar-refractivity contribution in [3.63, 3.8) is 0 Å². The quantitative estimate of drug-likeness (QED) is 0.154. The Hall–Kier alpha value is -5.57. The number of phenols is 1. The van der Waals surface area contributed by atoms with Crippen LogP contribution in [0.3, 0.4) is 0 Å². The summed E-state index contributed by atoms with van der Waals surface area (Å²) < 4.78 is 19.7. The van der Waals surface area contributed by atoms with Crippen molar-refractivity contribution < 1.29 is 28.9 Å². The second-order valence-corrected chi connectivity index (χ2v) is 18.9. The molecular formula is C57H58N3OPt-. The number of pyridine rings is 1. The number of benzene rings is 6. The number of aromatic hydroxyl groups is 1. The van der Waals surface area contributed by atoms with Crippen LogP contribution in [0.25, 0.3) is 72.7 Å². The smallest absolute Gasteiger partial charge is 0.148 e. The molecule has 0 saturated heterocycles. The predicted octanol–water partition coefficient (Wildman–Crippen LogP) is 15.4. The zero-order valence-electron chi connectivity index (χ0n) is 39.8. The van der Waals surface area contributed by atoms with Gasteiger partial charge in [-0.15, -0.1) is 29.3 Å². The summed E-state index contributed by atoms with van der Waals surface area (Å²) in [5.74, 6) is -0.681. The minimum Gasteiger partial charge on any atom is -0.507 e. The van der Waals surface area contributed by atoms with Crippen LogP contribution >= 0.6 is 0 Å². The van der Waals surface area contributed by atoms with Gasteiger partial charge in [0.15, 0.2) is 0 Å². The Labute approximate surface area is 386 Å². The van der Waals surface area contributed by atoms with Crippen LogP contribution in [0.1, 0.15) is 112 Å². The van der Waals surface area contributed by atoms with E-state index >= 15 is 0 Å². The number of imidazole rings is 1. The third-order valence-electron chi connectivity index (χ3n) is 11.8. The summed E-state index contributed by atoms with van der Waals surface area (Å²) in [6.07, 6.45) is 1.86. The molecule has 0 bridgehead atoms. The Bertz CT molecular complexity index is 3000. The average Bonchev–Trinajstić information content (AvgIpc) is 3.62. The number of aryl methyl sites for hydroxylation is 1. The summed E-state index contributed by atoms with van der Waals surface area (Å²) in [7, 11) is 0. The van der Waals surface area contributed by atoms with E-state index < -0.39 is 11.8 Å². The Balaban J connectivity index is 0.00000612. The molecule has 0 aliphatic rings. The maximum atomic E-state index is 12.0. The van der Waals surface area contributed by atoms with Gasteiger partial charge >= 0.3 is 0 Å². The zero-order chi connectivity index (χ0) is 45.2. The van der Waals surface area contributed by atoms with Crippen molar-refractivity contribution >= 4 is 11.0 Å².